The first kappa shape index (κ1) is 22.9. The van der Waals surface area contributed by atoms with E-state index in [-0.39, 0.29) is 11.8 Å². The number of hydrogen-bond donors (Lipinski definition) is 1. The van der Waals surface area contributed by atoms with E-state index >= 15 is 0 Å². The Labute approximate surface area is 193 Å². The molecule has 2 aromatic carbocycles. The van der Waals surface area contributed by atoms with E-state index < -0.39 is 5.97 Å². The average Bonchev–Trinajstić information content (AvgIpc) is 3.31. The summed E-state index contributed by atoms with van der Waals surface area (Å²) in [5, 5.41) is 15.3. The summed E-state index contributed by atoms with van der Waals surface area (Å²) >= 11 is 0. The number of aliphatic carboxylic acids is 1. The van der Waals surface area contributed by atoms with Gasteiger partial charge in [0, 0.05) is 22.8 Å². The van der Waals surface area contributed by atoms with E-state index in [9.17, 15) is 4.79 Å². The molecule has 0 amide bonds. The third-order valence-corrected chi connectivity index (χ3v) is 5.57. The topological polar surface area (TPSA) is 85.7 Å². The Morgan fingerprint density at radius 2 is 1.94 bits per heavy atom. The molecule has 0 bridgehead atoms. The lowest BCUT2D eigenvalue weighted by Gasteiger charge is -2.16. The van der Waals surface area contributed by atoms with Gasteiger partial charge in [0.1, 0.15) is 17.1 Å². The molecule has 0 radical (unpaired) electrons. The number of ether oxygens (including phenoxy) is 1. The summed E-state index contributed by atoms with van der Waals surface area (Å²) < 4.78 is 17.8. The molecule has 1 N–H and O–H groups in total. The van der Waals surface area contributed by atoms with Gasteiger partial charge in [0.05, 0.1) is 18.7 Å². The third-order valence-electron chi connectivity index (χ3n) is 5.57. The lowest BCUT2D eigenvalue weighted by molar-refractivity contribution is -0.136. The first-order valence-electron chi connectivity index (χ1n) is 11.5. The van der Waals surface area contributed by atoms with Crippen LogP contribution < -0.4 is 4.74 Å². The molecule has 0 aliphatic rings. The predicted molar refractivity (Wildman–Crippen MR) is 128 cm³/mol. The molecule has 0 saturated carbocycles. The Morgan fingerprint density at radius 3 is 2.67 bits per heavy atom. The van der Waals surface area contributed by atoms with Crippen molar-refractivity contribution in [1.29, 1.82) is 0 Å². The second-order valence-electron chi connectivity index (χ2n) is 9.79. The molecule has 0 unspecified atom stereocenters. The first-order valence-corrected chi connectivity index (χ1v) is 11.5. The second kappa shape index (κ2) is 9.30. The lowest BCUT2D eigenvalue weighted by atomic mass is 9.89. The van der Waals surface area contributed by atoms with E-state index in [1.807, 2.05) is 30.3 Å². The third kappa shape index (κ3) is 5.38. The molecular formula is C27H31NO5. The van der Waals surface area contributed by atoms with Crippen molar-refractivity contribution in [2.75, 3.05) is 6.61 Å². The quantitative estimate of drug-likeness (QED) is 0.320. The monoisotopic (exact) mass is 449 g/mol. The molecule has 174 valence electrons. The molecule has 33 heavy (non-hydrogen) atoms. The highest BCUT2D eigenvalue weighted by molar-refractivity contribution is 5.85. The normalized spacial score (nSPS) is 12.0. The van der Waals surface area contributed by atoms with E-state index in [2.05, 4.69) is 32.9 Å². The van der Waals surface area contributed by atoms with Crippen LogP contribution >= 0.6 is 0 Å². The highest BCUT2D eigenvalue weighted by Crippen LogP contribution is 2.34. The van der Waals surface area contributed by atoms with E-state index in [0.717, 1.165) is 69.5 Å². The van der Waals surface area contributed by atoms with Gasteiger partial charge in [-0.1, -0.05) is 45.3 Å². The number of aryl methyl sites for hydroxylation is 1. The molecule has 0 atom stereocenters. The van der Waals surface area contributed by atoms with Gasteiger partial charge in [-0.05, 0) is 54.2 Å². The summed E-state index contributed by atoms with van der Waals surface area (Å²) in [6.45, 7) is 9.20. The number of aromatic nitrogens is 1. The number of benzene rings is 2. The van der Waals surface area contributed by atoms with E-state index in [4.69, 9.17) is 18.8 Å². The Balaban J connectivity index is 1.49. The van der Waals surface area contributed by atoms with Gasteiger partial charge in [-0.15, -0.1) is 0 Å². The zero-order chi connectivity index (χ0) is 23.6. The first-order chi connectivity index (χ1) is 15.7. The van der Waals surface area contributed by atoms with Gasteiger partial charge in [0.15, 0.2) is 5.58 Å². The van der Waals surface area contributed by atoms with Crippen LogP contribution in [0.4, 0.5) is 0 Å². The minimum absolute atomic E-state index is 0.00134. The second-order valence-corrected chi connectivity index (χ2v) is 9.79. The smallest absolute Gasteiger partial charge is 0.307 e. The highest BCUT2D eigenvalue weighted by atomic mass is 16.5. The number of rotatable bonds is 9. The van der Waals surface area contributed by atoms with Crippen molar-refractivity contribution >= 4 is 27.9 Å². The summed E-state index contributed by atoms with van der Waals surface area (Å²) in [6.07, 6.45) is 3.30. The van der Waals surface area contributed by atoms with Crippen molar-refractivity contribution in [3.8, 4) is 5.75 Å². The van der Waals surface area contributed by atoms with Crippen LogP contribution in [0, 0.1) is 5.41 Å². The van der Waals surface area contributed by atoms with Gasteiger partial charge in [-0.3, -0.25) is 4.79 Å². The Bertz CT molecular complexity index is 1280. The van der Waals surface area contributed by atoms with E-state index in [1.165, 1.54) is 0 Å². The SMILES string of the molecule is CCCc1c(OCCc2cc3cc(CC(=O)O)ccc3o2)ccc2c(CC(C)(C)C)noc12. The molecule has 4 rings (SSSR count). The van der Waals surface area contributed by atoms with Gasteiger partial charge in [-0.25, -0.2) is 0 Å². The lowest BCUT2D eigenvalue weighted by Crippen LogP contribution is -2.09. The summed E-state index contributed by atoms with van der Waals surface area (Å²) in [7, 11) is 0. The molecule has 2 heterocycles. The zero-order valence-electron chi connectivity index (χ0n) is 19.7. The minimum atomic E-state index is -0.844. The van der Waals surface area contributed by atoms with Gasteiger partial charge in [0.25, 0.3) is 0 Å². The standard InChI is InChI=1S/C27H31NO5/c1-5-6-21-24(10-8-20-22(16-27(2,3)4)28-33-26(20)21)31-12-11-19-15-18-13-17(14-25(29)30)7-9-23(18)32-19/h7-10,13,15H,5-6,11-12,14,16H2,1-4H3,(H,29,30). The van der Waals surface area contributed by atoms with Gasteiger partial charge >= 0.3 is 5.97 Å². The van der Waals surface area contributed by atoms with Gasteiger partial charge in [0.2, 0.25) is 0 Å². The van der Waals surface area contributed by atoms with Crippen molar-refractivity contribution in [3.63, 3.8) is 0 Å². The van der Waals surface area contributed by atoms with Crippen LogP contribution in [0.3, 0.4) is 0 Å². The zero-order valence-corrected chi connectivity index (χ0v) is 19.7. The van der Waals surface area contributed by atoms with Crippen LogP contribution in [0.1, 0.15) is 56.7 Å². The molecule has 0 fully saturated rings. The summed E-state index contributed by atoms with van der Waals surface area (Å²) in [6, 6.07) is 11.5. The number of furan rings is 1. The van der Waals surface area contributed by atoms with Crippen LogP contribution in [0.5, 0.6) is 5.75 Å². The average molecular weight is 450 g/mol. The van der Waals surface area contributed by atoms with Crippen LogP contribution in [0.15, 0.2) is 45.3 Å². The number of carboxylic acids is 1. The Hall–Kier alpha value is -3.28. The van der Waals surface area contributed by atoms with E-state index in [1.54, 1.807) is 6.07 Å². The highest BCUT2D eigenvalue weighted by Gasteiger charge is 2.20. The maximum atomic E-state index is 11.0. The van der Waals surface area contributed by atoms with Gasteiger partial charge in [-0.2, -0.15) is 0 Å². The Kier molecular flexibility index (Phi) is 6.45. The summed E-state index contributed by atoms with van der Waals surface area (Å²) in [4.78, 5) is 11.0. The fraction of sp³-hybridized carbons (Fsp3) is 0.407. The van der Waals surface area contributed by atoms with Gasteiger partial charge < -0.3 is 18.8 Å². The molecule has 6 nitrogen and oxygen atoms in total. The van der Waals surface area contributed by atoms with E-state index in [0.29, 0.717) is 13.0 Å². The summed E-state index contributed by atoms with van der Waals surface area (Å²) in [5.74, 6) is 0.786. The van der Waals surface area contributed by atoms with Crippen molar-refractivity contribution < 1.29 is 23.6 Å². The maximum Gasteiger partial charge on any atom is 0.307 e. The minimum Gasteiger partial charge on any atom is -0.493 e. The van der Waals surface area contributed by atoms with Crippen molar-refractivity contribution in [1.82, 2.24) is 5.16 Å². The molecule has 0 saturated heterocycles. The molecule has 4 aromatic rings. The maximum absolute atomic E-state index is 11.0. The molecule has 0 spiro atoms. The molecule has 6 heteroatoms. The predicted octanol–water partition coefficient (Wildman–Crippen LogP) is 6.36. The van der Waals surface area contributed by atoms with Crippen molar-refractivity contribution in [2.24, 2.45) is 5.41 Å². The number of hydrogen-bond acceptors (Lipinski definition) is 5. The van der Waals surface area contributed by atoms with Crippen LogP contribution in [-0.2, 0) is 30.5 Å². The largest absolute Gasteiger partial charge is 0.493 e. The Morgan fingerprint density at radius 1 is 1.12 bits per heavy atom. The number of carbonyl (C=O) groups is 1. The van der Waals surface area contributed by atoms with Crippen LogP contribution in [0.25, 0.3) is 21.9 Å². The number of fused-ring (bicyclic) bond motifs is 2. The van der Waals surface area contributed by atoms with Crippen molar-refractivity contribution in [3.05, 3.63) is 59.0 Å². The molecule has 0 aliphatic heterocycles. The fourth-order valence-corrected chi connectivity index (χ4v) is 4.16. The number of nitrogens with zero attached hydrogens (tertiary/aromatic N) is 1. The summed E-state index contributed by atoms with van der Waals surface area (Å²) in [5.41, 5.74) is 4.51. The molecule has 0 aliphatic carbocycles. The number of carboxylic acid groups (broad SMARTS) is 1. The van der Waals surface area contributed by atoms with Crippen LogP contribution in [0.2, 0.25) is 0 Å². The van der Waals surface area contributed by atoms with Crippen molar-refractivity contribution in [2.45, 2.75) is 59.8 Å². The fourth-order valence-electron chi connectivity index (χ4n) is 4.16. The molecular weight excluding hydrogens is 418 g/mol. The molecule has 2 aromatic heterocycles. The van der Waals surface area contributed by atoms with Crippen LogP contribution in [-0.4, -0.2) is 22.8 Å².